The fourth-order valence-corrected chi connectivity index (χ4v) is 2.64. The molecule has 138 valence electrons. The van der Waals surface area contributed by atoms with E-state index in [2.05, 4.69) is 12.2 Å². The number of nitrogens with zero attached hydrogens (tertiary/aromatic N) is 1. The van der Waals surface area contributed by atoms with E-state index in [0.717, 1.165) is 36.3 Å². The molecule has 2 amide bonds. The van der Waals surface area contributed by atoms with Crippen molar-refractivity contribution in [2.24, 2.45) is 0 Å². The number of unbranched alkanes of at least 4 members (excludes halogenated alkanes) is 2. The van der Waals surface area contributed by atoms with Gasteiger partial charge in [0.25, 0.3) is 0 Å². The Morgan fingerprint density at radius 3 is 2.58 bits per heavy atom. The van der Waals surface area contributed by atoms with E-state index in [4.69, 9.17) is 4.74 Å². The van der Waals surface area contributed by atoms with Crippen molar-refractivity contribution in [3.8, 4) is 11.5 Å². The predicted molar refractivity (Wildman–Crippen MR) is 102 cm³/mol. The van der Waals surface area contributed by atoms with Gasteiger partial charge in [0.05, 0.1) is 6.54 Å². The van der Waals surface area contributed by atoms with Crippen LogP contribution in [0.15, 0.2) is 54.6 Å². The molecular formula is C21H26N2O3. The van der Waals surface area contributed by atoms with Crippen LogP contribution >= 0.6 is 0 Å². The van der Waals surface area contributed by atoms with Crippen LogP contribution in [0.1, 0.15) is 31.7 Å². The number of carbonyl (C=O) groups is 2. The van der Waals surface area contributed by atoms with Crippen molar-refractivity contribution in [1.29, 1.82) is 0 Å². The molecular weight excluding hydrogens is 328 g/mol. The lowest BCUT2D eigenvalue weighted by Gasteiger charge is -2.23. The average molecular weight is 354 g/mol. The van der Waals surface area contributed by atoms with Crippen LogP contribution in [-0.4, -0.2) is 30.3 Å². The van der Waals surface area contributed by atoms with Crippen molar-refractivity contribution < 1.29 is 14.3 Å². The summed E-state index contributed by atoms with van der Waals surface area (Å²) < 4.78 is 5.86. The Bertz CT molecular complexity index is 689. The van der Waals surface area contributed by atoms with Gasteiger partial charge in [0.1, 0.15) is 11.5 Å². The first-order chi connectivity index (χ1) is 12.7. The summed E-state index contributed by atoms with van der Waals surface area (Å²) in [5, 5.41) is 2.45. The van der Waals surface area contributed by atoms with Crippen molar-refractivity contribution in [2.45, 2.75) is 32.7 Å². The molecule has 0 bridgehead atoms. The number of benzene rings is 2. The van der Waals surface area contributed by atoms with Crippen LogP contribution in [0.3, 0.4) is 0 Å². The van der Waals surface area contributed by atoms with E-state index in [1.54, 1.807) is 4.90 Å². The lowest BCUT2D eigenvalue weighted by atomic mass is 10.1. The normalized spacial score (nSPS) is 10.2. The zero-order valence-electron chi connectivity index (χ0n) is 15.2. The highest BCUT2D eigenvalue weighted by atomic mass is 16.5. The number of ether oxygens (including phenoxy) is 1. The summed E-state index contributed by atoms with van der Waals surface area (Å²) in [7, 11) is 0. The van der Waals surface area contributed by atoms with E-state index >= 15 is 0 Å². The predicted octanol–water partition coefficient (Wildman–Crippen LogP) is 3.74. The molecule has 0 aliphatic rings. The number of hydrogen-bond donors (Lipinski definition) is 1. The molecule has 26 heavy (non-hydrogen) atoms. The molecule has 2 rings (SSSR count). The van der Waals surface area contributed by atoms with Crippen molar-refractivity contribution in [3.63, 3.8) is 0 Å². The van der Waals surface area contributed by atoms with Crippen molar-refractivity contribution in [2.75, 3.05) is 13.1 Å². The Morgan fingerprint density at radius 2 is 1.85 bits per heavy atom. The lowest BCUT2D eigenvalue weighted by Crippen LogP contribution is -2.38. The van der Waals surface area contributed by atoms with Crippen LogP contribution in [0.5, 0.6) is 11.5 Å². The Balaban J connectivity index is 2.04. The highest BCUT2D eigenvalue weighted by Crippen LogP contribution is 2.22. The third-order valence-electron chi connectivity index (χ3n) is 3.97. The van der Waals surface area contributed by atoms with Gasteiger partial charge in [-0.05, 0) is 36.2 Å². The first-order valence-electron chi connectivity index (χ1n) is 8.99. The Labute approximate surface area is 155 Å². The van der Waals surface area contributed by atoms with Gasteiger partial charge in [0, 0.05) is 13.1 Å². The molecule has 5 heteroatoms. The standard InChI is InChI=1S/C21H26N2O3/c1-2-3-7-13-23(21(25)15-22-17-24)16-18-9-8-12-20(14-18)26-19-10-5-4-6-11-19/h4-6,8-12,14,17H,2-3,7,13,15-16H2,1H3,(H,22,24). The maximum Gasteiger partial charge on any atom is 0.242 e. The van der Waals surface area contributed by atoms with Crippen molar-refractivity contribution in [3.05, 3.63) is 60.2 Å². The van der Waals surface area contributed by atoms with Gasteiger partial charge in [-0.3, -0.25) is 9.59 Å². The van der Waals surface area contributed by atoms with E-state index in [0.29, 0.717) is 19.5 Å². The average Bonchev–Trinajstić information content (AvgIpc) is 2.66. The van der Waals surface area contributed by atoms with Gasteiger partial charge < -0.3 is 15.0 Å². The zero-order valence-corrected chi connectivity index (χ0v) is 15.2. The minimum atomic E-state index is -0.0809. The quantitative estimate of drug-likeness (QED) is 0.494. The van der Waals surface area contributed by atoms with Crippen molar-refractivity contribution >= 4 is 12.3 Å². The van der Waals surface area contributed by atoms with Gasteiger partial charge >= 0.3 is 0 Å². The van der Waals surface area contributed by atoms with Gasteiger partial charge in [0.15, 0.2) is 0 Å². The number of nitrogens with one attached hydrogen (secondary N) is 1. The van der Waals surface area contributed by atoms with Gasteiger partial charge in [-0.15, -0.1) is 0 Å². The van der Waals surface area contributed by atoms with E-state index in [9.17, 15) is 9.59 Å². The number of hydrogen-bond acceptors (Lipinski definition) is 3. The van der Waals surface area contributed by atoms with Crippen LogP contribution < -0.4 is 10.1 Å². The molecule has 2 aromatic rings. The summed E-state index contributed by atoms with van der Waals surface area (Å²) >= 11 is 0. The molecule has 0 spiro atoms. The summed E-state index contributed by atoms with van der Waals surface area (Å²) in [6, 6.07) is 17.3. The van der Waals surface area contributed by atoms with E-state index in [1.807, 2.05) is 54.6 Å². The highest BCUT2D eigenvalue weighted by molar-refractivity contribution is 5.80. The van der Waals surface area contributed by atoms with E-state index in [1.165, 1.54) is 0 Å². The minimum absolute atomic E-state index is 0.0236. The monoisotopic (exact) mass is 354 g/mol. The molecule has 0 radical (unpaired) electrons. The fraction of sp³-hybridized carbons (Fsp3) is 0.333. The smallest absolute Gasteiger partial charge is 0.242 e. The number of carbonyl (C=O) groups excluding carboxylic acids is 2. The summed E-state index contributed by atoms with van der Waals surface area (Å²) in [6.07, 6.45) is 3.66. The van der Waals surface area contributed by atoms with E-state index < -0.39 is 0 Å². The Morgan fingerprint density at radius 1 is 1.08 bits per heavy atom. The summed E-state index contributed by atoms with van der Waals surface area (Å²) in [5.41, 5.74) is 0.995. The number of amides is 2. The topological polar surface area (TPSA) is 58.6 Å². The molecule has 0 saturated carbocycles. The third kappa shape index (κ3) is 6.59. The highest BCUT2D eigenvalue weighted by Gasteiger charge is 2.13. The summed E-state index contributed by atoms with van der Waals surface area (Å²) in [5.74, 6) is 1.43. The molecule has 0 aliphatic carbocycles. The molecule has 0 fully saturated rings. The first-order valence-corrected chi connectivity index (χ1v) is 8.99. The second-order valence-electron chi connectivity index (χ2n) is 6.08. The molecule has 0 unspecified atom stereocenters. The van der Waals surface area contributed by atoms with E-state index in [-0.39, 0.29) is 12.5 Å². The minimum Gasteiger partial charge on any atom is -0.457 e. The number of para-hydroxylation sites is 1. The molecule has 0 saturated heterocycles. The largest absolute Gasteiger partial charge is 0.457 e. The summed E-state index contributed by atoms with van der Waals surface area (Å²) in [4.78, 5) is 24.6. The second-order valence-corrected chi connectivity index (χ2v) is 6.08. The lowest BCUT2D eigenvalue weighted by molar-refractivity contribution is -0.132. The third-order valence-corrected chi connectivity index (χ3v) is 3.97. The first kappa shape index (κ1) is 19.5. The molecule has 0 aromatic heterocycles. The molecule has 2 aromatic carbocycles. The van der Waals surface area contributed by atoms with Gasteiger partial charge in [-0.1, -0.05) is 50.1 Å². The molecule has 0 aliphatic heterocycles. The van der Waals surface area contributed by atoms with Crippen LogP contribution in [-0.2, 0) is 16.1 Å². The maximum absolute atomic E-state index is 12.3. The SMILES string of the molecule is CCCCCN(Cc1cccc(Oc2ccccc2)c1)C(=O)CNC=O. The van der Waals surface area contributed by atoms with Crippen LogP contribution in [0.2, 0.25) is 0 Å². The molecule has 5 nitrogen and oxygen atoms in total. The molecule has 0 atom stereocenters. The van der Waals surface area contributed by atoms with Crippen LogP contribution in [0.25, 0.3) is 0 Å². The van der Waals surface area contributed by atoms with Crippen LogP contribution in [0.4, 0.5) is 0 Å². The Kier molecular flexibility index (Phi) is 8.19. The maximum atomic E-state index is 12.3. The van der Waals surface area contributed by atoms with Crippen LogP contribution in [0, 0.1) is 0 Å². The van der Waals surface area contributed by atoms with Gasteiger partial charge in [0.2, 0.25) is 12.3 Å². The molecule has 1 N–H and O–H groups in total. The second kappa shape index (κ2) is 10.9. The Hall–Kier alpha value is -2.82. The van der Waals surface area contributed by atoms with Gasteiger partial charge in [-0.25, -0.2) is 0 Å². The van der Waals surface area contributed by atoms with Crippen molar-refractivity contribution in [1.82, 2.24) is 10.2 Å². The zero-order chi connectivity index (χ0) is 18.6. The summed E-state index contributed by atoms with van der Waals surface area (Å²) in [6.45, 7) is 3.33. The fourth-order valence-electron chi connectivity index (χ4n) is 2.64. The molecule has 0 heterocycles. The number of rotatable bonds is 11. The van der Waals surface area contributed by atoms with Gasteiger partial charge in [-0.2, -0.15) is 0 Å².